The molecule has 3 aromatic carbocycles. The number of hydrogen-bond donors (Lipinski definition) is 2. The van der Waals surface area contributed by atoms with Crippen molar-refractivity contribution in [1.82, 2.24) is 4.98 Å². The molecule has 0 bridgehead atoms. The van der Waals surface area contributed by atoms with E-state index in [2.05, 4.69) is 15.6 Å². The summed E-state index contributed by atoms with van der Waals surface area (Å²) in [5, 5.41) is 8.30. The lowest BCUT2D eigenvalue weighted by atomic mass is 10.0. The summed E-state index contributed by atoms with van der Waals surface area (Å²) in [7, 11) is 0. The van der Waals surface area contributed by atoms with Gasteiger partial charge in [-0.25, -0.2) is 4.39 Å². The molecule has 1 amide bonds. The van der Waals surface area contributed by atoms with Crippen LogP contribution in [0, 0.1) is 5.82 Å². The Labute approximate surface area is 172 Å². The molecule has 4 nitrogen and oxygen atoms in total. The zero-order chi connectivity index (χ0) is 20.2. The molecule has 29 heavy (non-hydrogen) atoms. The maximum atomic E-state index is 14.2. The molecule has 0 aliphatic heterocycles. The maximum absolute atomic E-state index is 14.2. The van der Waals surface area contributed by atoms with E-state index in [0.29, 0.717) is 16.3 Å². The molecule has 0 saturated carbocycles. The van der Waals surface area contributed by atoms with Crippen molar-refractivity contribution in [2.24, 2.45) is 0 Å². The third-order valence-corrected chi connectivity index (χ3v) is 4.83. The minimum absolute atomic E-state index is 0.240. The molecular weight excluding hydrogens is 389 g/mol. The summed E-state index contributed by atoms with van der Waals surface area (Å²) in [4.78, 5) is 17.3. The van der Waals surface area contributed by atoms with Gasteiger partial charge in [-0.2, -0.15) is 0 Å². The Kier molecular flexibility index (Phi) is 5.40. The smallest absolute Gasteiger partial charge is 0.251 e. The minimum atomic E-state index is -0.818. The van der Waals surface area contributed by atoms with Crippen LogP contribution in [0.4, 0.5) is 15.8 Å². The Hall–Kier alpha value is -3.44. The molecule has 2 N–H and O–H groups in total. The minimum Gasteiger partial charge on any atom is -0.368 e. The molecule has 4 rings (SSSR count). The van der Waals surface area contributed by atoms with Gasteiger partial charge in [-0.05, 0) is 42.0 Å². The highest BCUT2D eigenvalue weighted by molar-refractivity contribution is 6.30. The molecule has 0 aliphatic carbocycles. The molecule has 0 saturated heterocycles. The average molecular weight is 406 g/mol. The van der Waals surface area contributed by atoms with E-state index >= 15 is 0 Å². The van der Waals surface area contributed by atoms with Gasteiger partial charge in [0.1, 0.15) is 11.9 Å². The molecule has 1 unspecified atom stereocenters. The standard InChI is InChI=1S/C23H17ClFN3O/c24-17-10-8-15(9-11-17)22(27-21-6-2-1-5-19(21)25)23(29)28-20-7-3-4-16-14-26-13-12-18(16)20/h1-14,22,27H,(H,28,29). The number of hydrogen-bond acceptors (Lipinski definition) is 3. The Morgan fingerprint density at radius 2 is 1.69 bits per heavy atom. The molecule has 1 heterocycles. The van der Waals surface area contributed by atoms with Crippen LogP contribution in [0.25, 0.3) is 10.8 Å². The SMILES string of the molecule is O=C(Nc1cccc2cnccc12)C(Nc1ccccc1F)c1ccc(Cl)cc1. The van der Waals surface area contributed by atoms with E-state index in [1.807, 2.05) is 24.3 Å². The predicted molar refractivity (Wildman–Crippen MR) is 115 cm³/mol. The van der Waals surface area contributed by atoms with E-state index in [1.165, 1.54) is 6.07 Å². The molecule has 0 aliphatic rings. The van der Waals surface area contributed by atoms with Crippen molar-refractivity contribution >= 4 is 39.7 Å². The molecule has 144 valence electrons. The third-order valence-electron chi connectivity index (χ3n) is 4.58. The van der Waals surface area contributed by atoms with E-state index in [1.54, 1.807) is 54.9 Å². The molecular formula is C23H17ClFN3O. The number of pyridine rings is 1. The lowest BCUT2D eigenvalue weighted by molar-refractivity contribution is -0.117. The molecule has 0 radical (unpaired) electrons. The molecule has 4 aromatic rings. The second-order valence-corrected chi connectivity index (χ2v) is 6.94. The summed E-state index contributed by atoms with van der Waals surface area (Å²) in [5.74, 6) is -0.754. The number of benzene rings is 3. The number of nitrogens with one attached hydrogen (secondary N) is 2. The molecule has 0 fully saturated rings. The summed E-state index contributed by atoms with van der Waals surface area (Å²) >= 11 is 5.99. The van der Waals surface area contributed by atoms with Crippen LogP contribution in [-0.2, 0) is 4.79 Å². The number of fused-ring (bicyclic) bond motifs is 1. The van der Waals surface area contributed by atoms with Gasteiger partial charge in [-0.15, -0.1) is 0 Å². The first-order valence-corrected chi connectivity index (χ1v) is 9.40. The van der Waals surface area contributed by atoms with Gasteiger partial charge in [-0.1, -0.05) is 48.0 Å². The molecule has 1 atom stereocenters. The highest BCUT2D eigenvalue weighted by Crippen LogP contribution is 2.27. The van der Waals surface area contributed by atoms with Gasteiger partial charge in [0.25, 0.3) is 5.91 Å². The molecule has 6 heteroatoms. The highest BCUT2D eigenvalue weighted by atomic mass is 35.5. The lowest BCUT2D eigenvalue weighted by Crippen LogP contribution is -2.27. The van der Waals surface area contributed by atoms with E-state index < -0.39 is 11.9 Å². The van der Waals surface area contributed by atoms with Crippen molar-refractivity contribution in [1.29, 1.82) is 0 Å². The average Bonchev–Trinajstić information content (AvgIpc) is 2.74. The van der Waals surface area contributed by atoms with Crippen molar-refractivity contribution < 1.29 is 9.18 Å². The molecule has 1 aromatic heterocycles. The zero-order valence-corrected chi connectivity index (χ0v) is 16.0. The van der Waals surface area contributed by atoms with Crippen molar-refractivity contribution in [3.8, 4) is 0 Å². The van der Waals surface area contributed by atoms with Crippen molar-refractivity contribution in [3.63, 3.8) is 0 Å². The fourth-order valence-corrected chi connectivity index (χ4v) is 3.25. The van der Waals surface area contributed by atoms with E-state index in [4.69, 9.17) is 11.6 Å². The first-order valence-electron chi connectivity index (χ1n) is 9.02. The number of carbonyl (C=O) groups excluding carboxylic acids is 1. The van der Waals surface area contributed by atoms with Crippen LogP contribution in [0.15, 0.2) is 85.2 Å². The number of aromatic nitrogens is 1. The van der Waals surface area contributed by atoms with Gasteiger partial charge in [0.2, 0.25) is 0 Å². The van der Waals surface area contributed by atoms with Crippen LogP contribution in [0.3, 0.4) is 0 Å². The Bertz CT molecular complexity index is 1160. The number of para-hydroxylation sites is 1. The van der Waals surface area contributed by atoms with Crippen LogP contribution in [-0.4, -0.2) is 10.9 Å². The summed E-state index contributed by atoms with van der Waals surface area (Å²) < 4.78 is 14.2. The highest BCUT2D eigenvalue weighted by Gasteiger charge is 2.22. The summed E-state index contributed by atoms with van der Waals surface area (Å²) in [6.45, 7) is 0. The zero-order valence-electron chi connectivity index (χ0n) is 15.3. The van der Waals surface area contributed by atoms with Gasteiger partial charge in [0.05, 0.1) is 5.69 Å². The Morgan fingerprint density at radius 3 is 2.48 bits per heavy atom. The van der Waals surface area contributed by atoms with E-state index in [9.17, 15) is 9.18 Å². The van der Waals surface area contributed by atoms with E-state index in [-0.39, 0.29) is 11.6 Å². The van der Waals surface area contributed by atoms with Crippen LogP contribution in [0.1, 0.15) is 11.6 Å². The maximum Gasteiger partial charge on any atom is 0.251 e. The third kappa shape index (κ3) is 4.20. The second kappa shape index (κ2) is 8.29. The monoisotopic (exact) mass is 405 g/mol. The van der Waals surface area contributed by atoms with Gasteiger partial charge < -0.3 is 10.6 Å². The largest absolute Gasteiger partial charge is 0.368 e. The number of amides is 1. The lowest BCUT2D eigenvalue weighted by Gasteiger charge is -2.21. The summed E-state index contributed by atoms with van der Waals surface area (Å²) in [6, 6.07) is 19.7. The normalized spacial score (nSPS) is 11.8. The first kappa shape index (κ1) is 18.9. The predicted octanol–water partition coefficient (Wildman–Crippen LogP) is 5.82. The number of anilines is 2. The number of rotatable bonds is 5. The summed E-state index contributed by atoms with van der Waals surface area (Å²) in [5.41, 5.74) is 1.56. The number of nitrogens with zero attached hydrogens (tertiary/aromatic N) is 1. The van der Waals surface area contributed by atoms with Gasteiger partial charge in [0, 0.05) is 33.9 Å². The number of halogens is 2. The van der Waals surface area contributed by atoms with Gasteiger partial charge in [-0.3, -0.25) is 9.78 Å². The summed E-state index contributed by atoms with van der Waals surface area (Å²) in [6.07, 6.45) is 3.41. The van der Waals surface area contributed by atoms with Crippen molar-refractivity contribution in [3.05, 3.63) is 102 Å². The Morgan fingerprint density at radius 1 is 0.931 bits per heavy atom. The fourth-order valence-electron chi connectivity index (χ4n) is 3.13. The van der Waals surface area contributed by atoms with Crippen LogP contribution in [0.2, 0.25) is 5.02 Å². The Balaban J connectivity index is 1.69. The van der Waals surface area contributed by atoms with Crippen molar-refractivity contribution in [2.75, 3.05) is 10.6 Å². The van der Waals surface area contributed by atoms with Crippen LogP contribution < -0.4 is 10.6 Å². The second-order valence-electron chi connectivity index (χ2n) is 6.50. The van der Waals surface area contributed by atoms with Gasteiger partial charge in [0.15, 0.2) is 0 Å². The fraction of sp³-hybridized carbons (Fsp3) is 0.0435. The van der Waals surface area contributed by atoms with E-state index in [0.717, 1.165) is 10.8 Å². The van der Waals surface area contributed by atoms with Crippen LogP contribution in [0.5, 0.6) is 0 Å². The number of carbonyl (C=O) groups is 1. The first-order chi connectivity index (χ1) is 14.1. The van der Waals surface area contributed by atoms with Crippen LogP contribution >= 0.6 is 11.6 Å². The quantitative estimate of drug-likeness (QED) is 0.440. The molecule has 0 spiro atoms. The topological polar surface area (TPSA) is 54.0 Å². The van der Waals surface area contributed by atoms with Gasteiger partial charge >= 0.3 is 0 Å². The van der Waals surface area contributed by atoms with Crippen molar-refractivity contribution in [2.45, 2.75) is 6.04 Å².